The van der Waals surface area contributed by atoms with Crippen LogP contribution in [0.2, 0.25) is 0 Å². The first-order valence-corrected chi connectivity index (χ1v) is 6.37. The molecular formula is C10H15NO2S. The van der Waals surface area contributed by atoms with E-state index in [0.29, 0.717) is 6.54 Å². The van der Waals surface area contributed by atoms with Crippen LogP contribution in [-0.4, -0.2) is 21.2 Å². The van der Waals surface area contributed by atoms with E-state index >= 15 is 0 Å². The smallest absolute Gasteiger partial charge is 0.208 e. The Hall–Kier alpha value is -0.870. The predicted molar refractivity (Wildman–Crippen MR) is 57.7 cm³/mol. The molecule has 0 aliphatic heterocycles. The van der Waals surface area contributed by atoms with E-state index in [4.69, 9.17) is 0 Å². The van der Waals surface area contributed by atoms with Crippen molar-refractivity contribution in [2.45, 2.75) is 13.3 Å². The number of hydrogen-bond acceptors (Lipinski definition) is 2. The maximum atomic E-state index is 10.8. The van der Waals surface area contributed by atoms with E-state index in [0.717, 1.165) is 12.0 Å². The third-order valence-corrected chi connectivity index (χ3v) is 2.63. The summed E-state index contributed by atoms with van der Waals surface area (Å²) in [6.45, 7) is 2.49. The van der Waals surface area contributed by atoms with Gasteiger partial charge in [0.2, 0.25) is 10.0 Å². The van der Waals surface area contributed by atoms with Crippen molar-refractivity contribution in [1.82, 2.24) is 4.72 Å². The van der Waals surface area contributed by atoms with E-state index in [1.54, 1.807) is 0 Å². The van der Waals surface area contributed by atoms with E-state index in [-0.39, 0.29) is 0 Å². The standard InChI is InChI=1S/C10H15NO2S/c1-9-3-5-10(6-4-9)7-8-11-14(2,12)13/h3-6,11H,7-8H2,1-2H3. The van der Waals surface area contributed by atoms with Crippen LogP contribution < -0.4 is 4.72 Å². The summed E-state index contributed by atoms with van der Waals surface area (Å²) in [5.74, 6) is 0. The number of hydrogen-bond donors (Lipinski definition) is 1. The molecular weight excluding hydrogens is 198 g/mol. The van der Waals surface area contributed by atoms with E-state index in [1.165, 1.54) is 11.8 Å². The Morgan fingerprint density at radius 1 is 1.21 bits per heavy atom. The average molecular weight is 213 g/mol. The molecule has 0 atom stereocenters. The second-order valence-electron chi connectivity index (χ2n) is 3.40. The van der Waals surface area contributed by atoms with Crippen molar-refractivity contribution in [1.29, 1.82) is 0 Å². The Balaban J connectivity index is 2.43. The van der Waals surface area contributed by atoms with Gasteiger partial charge in [0.15, 0.2) is 0 Å². The van der Waals surface area contributed by atoms with Crippen molar-refractivity contribution in [2.75, 3.05) is 12.8 Å². The predicted octanol–water partition coefficient (Wildman–Crippen LogP) is 1.09. The van der Waals surface area contributed by atoms with Gasteiger partial charge in [0.1, 0.15) is 0 Å². The summed E-state index contributed by atoms with van der Waals surface area (Å²) in [7, 11) is -3.05. The van der Waals surface area contributed by atoms with Gasteiger partial charge < -0.3 is 0 Å². The molecule has 1 aromatic carbocycles. The highest BCUT2D eigenvalue weighted by Crippen LogP contribution is 2.03. The normalized spacial score (nSPS) is 11.6. The lowest BCUT2D eigenvalue weighted by molar-refractivity contribution is 0.588. The number of nitrogens with one attached hydrogen (secondary N) is 1. The van der Waals surface area contributed by atoms with Crippen LogP contribution in [0.3, 0.4) is 0 Å². The molecule has 1 rings (SSSR count). The fourth-order valence-corrected chi connectivity index (χ4v) is 1.61. The van der Waals surface area contributed by atoms with Crippen LogP contribution in [0, 0.1) is 6.92 Å². The molecule has 0 bridgehead atoms. The first-order valence-electron chi connectivity index (χ1n) is 4.47. The summed E-state index contributed by atoms with van der Waals surface area (Å²) < 4.78 is 24.0. The minimum Gasteiger partial charge on any atom is -0.215 e. The molecule has 78 valence electrons. The molecule has 4 heteroatoms. The van der Waals surface area contributed by atoms with Crippen molar-refractivity contribution >= 4 is 10.0 Å². The fraction of sp³-hybridized carbons (Fsp3) is 0.400. The topological polar surface area (TPSA) is 46.2 Å². The Morgan fingerprint density at radius 2 is 1.79 bits per heavy atom. The van der Waals surface area contributed by atoms with Gasteiger partial charge in [0.05, 0.1) is 6.26 Å². The van der Waals surface area contributed by atoms with E-state index in [9.17, 15) is 8.42 Å². The summed E-state index contributed by atoms with van der Waals surface area (Å²) in [5, 5.41) is 0. The van der Waals surface area contributed by atoms with Crippen LogP contribution in [-0.2, 0) is 16.4 Å². The second kappa shape index (κ2) is 4.57. The maximum Gasteiger partial charge on any atom is 0.208 e. The SMILES string of the molecule is Cc1ccc(CCNS(C)(=O)=O)cc1. The highest BCUT2D eigenvalue weighted by atomic mass is 32.2. The molecule has 0 amide bonds. The molecule has 0 saturated heterocycles. The Kier molecular flexibility index (Phi) is 3.66. The summed E-state index contributed by atoms with van der Waals surface area (Å²) >= 11 is 0. The van der Waals surface area contributed by atoms with Gasteiger partial charge in [-0.25, -0.2) is 13.1 Å². The first kappa shape index (κ1) is 11.2. The molecule has 1 aromatic rings. The van der Waals surface area contributed by atoms with Crippen LogP contribution in [0.4, 0.5) is 0 Å². The lowest BCUT2D eigenvalue weighted by Gasteiger charge is -2.02. The molecule has 0 unspecified atom stereocenters. The van der Waals surface area contributed by atoms with Gasteiger partial charge in [-0.3, -0.25) is 0 Å². The van der Waals surface area contributed by atoms with Gasteiger partial charge in [0.25, 0.3) is 0 Å². The Labute approximate surface area is 85.2 Å². The third kappa shape index (κ3) is 4.39. The van der Waals surface area contributed by atoms with Crippen LogP contribution in [0.25, 0.3) is 0 Å². The van der Waals surface area contributed by atoms with Crippen LogP contribution >= 0.6 is 0 Å². The molecule has 14 heavy (non-hydrogen) atoms. The van der Waals surface area contributed by atoms with Crippen LogP contribution in [0.15, 0.2) is 24.3 Å². The minimum absolute atomic E-state index is 0.460. The number of aryl methyl sites for hydroxylation is 1. The average Bonchev–Trinajstić information content (AvgIpc) is 2.06. The molecule has 0 spiro atoms. The van der Waals surface area contributed by atoms with Crippen molar-refractivity contribution in [2.24, 2.45) is 0 Å². The Morgan fingerprint density at radius 3 is 2.29 bits per heavy atom. The summed E-state index contributed by atoms with van der Waals surface area (Å²) in [6.07, 6.45) is 1.90. The summed E-state index contributed by atoms with van der Waals surface area (Å²) in [6, 6.07) is 8.07. The molecule has 3 nitrogen and oxygen atoms in total. The van der Waals surface area contributed by atoms with Gasteiger partial charge in [-0.15, -0.1) is 0 Å². The molecule has 0 aliphatic rings. The van der Waals surface area contributed by atoms with Crippen LogP contribution in [0.5, 0.6) is 0 Å². The maximum absolute atomic E-state index is 10.8. The zero-order valence-electron chi connectivity index (χ0n) is 8.45. The zero-order valence-corrected chi connectivity index (χ0v) is 9.26. The number of rotatable bonds is 4. The highest BCUT2D eigenvalue weighted by molar-refractivity contribution is 7.88. The van der Waals surface area contributed by atoms with E-state index in [2.05, 4.69) is 4.72 Å². The largest absolute Gasteiger partial charge is 0.215 e. The summed E-state index contributed by atoms with van der Waals surface area (Å²) in [5.41, 5.74) is 2.36. The Bertz CT molecular complexity index is 381. The van der Waals surface area contributed by atoms with Crippen LogP contribution in [0.1, 0.15) is 11.1 Å². The second-order valence-corrected chi connectivity index (χ2v) is 5.24. The first-order chi connectivity index (χ1) is 6.47. The molecule has 0 aliphatic carbocycles. The third-order valence-electron chi connectivity index (χ3n) is 1.90. The molecule has 0 saturated carbocycles. The molecule has 0 radical (unpaired) electrons. The van der Waals surface area contributed by atoms with Crippen molar-refractivity contribution < 1.29 is 8.42 Å². The quantitative estimate of drug-likeness (QED) is 0.813. The van der Waals surface area contributed by atoms with Gasteiger partial charge in [-0.2, -0.15) is 0 Å². The highest BCUT2D eigenvalue weighted by Gasteiger charge is 1.99. The summed E-state index contributed by atoms with van der Waals surface area (Å²) in [4.78, 5) is 0. The van der Waals surface area contributed by atoms with Gasteiger partial charge in [-0.05, 0) is 18.9 Å². The fourth-order valence-electron chi connectivity index (χ4n) is 1.14. The van der Waals surface area contributed by atoms with Crippen molar-refractivity contribution in [3.8, 4) is 0 Å². The molecule has 0 fully saturated rings. The number of sulfonamides is 1. The minimum atomic E-state index is -3.05. The monoisotopic (exact) mass is 213 g/mol. The van der Waals surface area contributed by atoms with Gasteiger partial charge >= 0.3 is 0 Å². The van der Waals surface area contributed by atoms with Crippen molar-refractivity contribution in [3.05, 3.63) is 35.4 Å². The number of benzene rings is 1. The van der Waals surface area contributed by atoms with E-state index < -0.39 is 10.0 Å². The lowest BCUT2D eigenvalue weighted by Crippen LogP contribution is -2.24. The molecule has 1 N–H and O–H groups in total. The van der Waals surface area contributed by atoms with Gasteiger partial charge in [-0.1, -0.05) is 29.8 Å². The lowest BCUT2D eigenvalue weighted by atomic mass is 10.1. The molecule has 0 heterocycles. The zero-order chi connectivity index (χ0) is 10.6. The van der Waals surface area contributed by atoms with Crippen molar-refractivity contribution in [3.63, 3.8) is 0 Å². The van der Waals surface area contributed by atoms with Gasteiger partial charge in [0, 0.05) is 6.54 Å². The molecule has 0 aromatic heterocycles. The van der Waals surface area contributed by atoms with E-state index in [1.807, 2.05) is 31.2 Å².